The Morgan fingerprint density at radius 1 is 1.30 bits per heavy atom. The van der Waals surface area contributed by atoms with Gasteiger partial charge in [-0.05, 0) is 55.8 Å². The van der Waals surface area contributed by atoms with Crippen molar-refractivity contribution in [1.82, 2.24) is 0 Å². The van der Waals surface area contributed by atoms with Gasteiger partial charge in [-0.1, -0.05) is 57.4 Å². The molecule has 1 fully saturated rings. The molecule has 4 heteroatoms. The van der Waals surface area contributed by atoms with Gasteiger partial charge in [-0.25, -0.2) is 0 Å². The molecule has 0 aromatic carbocycles. The highest BCUT2D eigenvalue weighted by Crippen LogP contribution is 2.49. The van der Waals surface area contributed by atoms with Gasteiger partial charge in [0.25, 0.3) is 0 Å². The Labute approximate surface area is 164 Å². The number of carboxylic acids is 1. The van der Waals surface area contributed by atoms with E-state index in [4.69, 9.17) is 5.11 Å². The fourth-order valence-corrected chi connectivity index (χ4v) is 4.79. The lowest BCUT2D eigenvalue weighted by Gasteiger charge is -2.21. The normalized spacial score (nSPS) is 30.9. The number of fused-ring (bicyclic) bond motifs is 1. The molecule has 0 heterocycles. The summed E-state index contributed by atoms with van der Waals surface area (Å²) in [5, 5.41) is 29.7. The molecule has 7 atom stereocenters. The van der Waals surface area contributed by atoms with Crippen LogP contribution in [0.1, 0.15) is 72.1 Å². The lowest BCUT2D eigenvalue weighted by atomic mass is 9.86. The third-order valence-corrected chi connectivity index (χ3v) is 6.69. The van der Waals surface area contributed by atoms with Crippen molar-refractivity contribution in [3.05, 3.63) is 23.8 Å². The van der Waals surface area contributed by atoms with Crippen molar-refractivity contribution in [2.75, 3.05) is 0 Å². The molecule has 3 N–H and O–H groups in total. The van der Waals surface area contributed by atoms with E-state index in [-0.39, 0.29) is 24.4 Å². The van der Waals surface area contributed by atoms with Gasteiger partial charge in [0.2, 0.25) is 0 Å². The van der Waals surface area contributed by atoms with Crippen LogP contribution in [0.4, 0.5) is 0 Å². The van der Waals surface area contributed by atoms with Crippen LogP contribution >= 0.6 is 0 Å². The summed E-state index contributed by atoms with van der Waals surface area (Å²) >= 11 is 0. The van der Waals surface area contributed by atoms with E-state index in [1.54, 1.807) is 0 Å². The number of hydrogen-bond acceptors (Lipinski definition) is 3. The number of rotatable bonds is 11. The first kappa shape index (κ1) is 22.2. The van der Waals surface area contributed by atoms with Gasteiger partial charge in [-0.15, -0.1) is 0 Å². The van der Waals surface area contributed by atoms with Gasteiger partial charge in [0, 0.05) is 12.3 Å². The summed E-state index contributed by atoms with van der Waals surface area (Å²) in [5.41, 5.74) is 1.43. The quantitative estimate of drug-likeness (QED) is 0.460. The molecule has 0 saturated heterocycles. The number of hydrogen-bond donors (Lipinski definition) is 3. The zero-order valence-corrected chi connectivity index (χ0v) is 17.2. The first-order valence-corrected chi connectivity index (χ1v) is 10.8. The monoisotopic (exact) mass is 378 g/mol. The molecule has 0 aromatic heterocycles. The van der Waals surface area contributed by atoms with Crippen LogP contribution < -0.4 is 0 Å². The number of allylic oxidation sites excluding steroid dienone is 2. The zero-order valence-electron chi connectivity index (χ0n) is 17.2. The van der Waals surface area contributed by atoms with E-state index in [9.17, 15) is 15.0 Å². The van der Waals surface area contributed by atoms with Gasteiger partial charge in [0.05, 0.1) is 12.2 Å². The van der Waals surface area contributed by atoms with Gasteiger partial charge in [-0.2, -0.15) is 0 Å². The highest BCUT2D eigenvalue weighted by molar-refractivity contribution is 5.66. The first-order chi connectivity index (χ1) is 12.8. The zero-order chi connectivity index (χ0) is 20.0. The number of aliphatic carboxylic acids is 1. The summed E-state index contributed by atoms with van der Waals surface area (Å²) in [7, 11) is 0. The highest BCUT2D eigenvalue weighted by atomic mass is 16.4. The molecule has 2 rings (SSSR count). The van der Waals surface area contributed by atoms with Crippen molar-refractivity contribution in [2.24, 2.45) is 29.6 Å². The molecule has 1 saturated carbocycles. The third-order valence-electron chi connectivity index (χ3n) is 6.69. The SMILES string of the molecule is CCCCC(C)C(O)/C=C/[C@@H]1C2CC(C(C)CCCC(=O)O)=CC2C[C@H]1O. The largest absolute Gasteiger partial charge is 0.481 e. The number of aliphatic hydroxyl groups is 2. The van der Waals surface area contributed by atoms with E-state index in [0.29, 0.717) is 17.8 Å². The van der Waals surface area contributed by atoms with Crippen LogP contribution in [0.25, 0.3) is 0 Å². The summed E-state index contributed by atoms with van der Waals surface area (Å²) in [6.07, 6.45) is 12.5. The highest BCUT2D eigenvalue weighted by Gasteiger charge is 2.44. The Balaban J connectivity index is 1.89. The van der Waals surface area contributed by atoms with E-state index in [2.05, 4.69) is 32.9 Å². The summed E-state index contributed by atoms with van der Waals surface area (Å²) < 4.78 is 0. The molecule has 154 valence electrons. The van der Waals surface area contributed by atoms with E-state index in [1.807, 2.05) is 6.08 Å². The number of unbranched alkanes of at least 4 members (excludes halogenated alkanes) is 1. The summed E-state index contributed by atoms with van der Waals surface area (Å²) in [5.74, 6) is 0.897. The maximum atomic E-state index is 10.7. The molecule has 5 unspecified atom stereocenters. The van der Waals surface area contributed by atoms with Gasteiger partial charge in [0.1, 0.15) is 0 Å². The fourth-order valence-electron chi connectivity index (χ4n) is 4.79. The minimum absolute atomic E-state index is 0.114. The van der Waals surface area contributed by atoms with Crippen LogP contribution in [0.2, 0.25) is 0 Å². The average Bonchev–Trinajstić information content (AvgIpc) is 3.14. The Morgan fingerprint density at radius 2 is 2.04 bits per heavy atom. The van der Waals surface area contributed by atoms with E-state index in [0.717, 1.165) is 44.9 Å². The maximum Gasteiger partial charge on any atom is 0.303 e. The van der Waals surface area contributed by atoms with Gasteiger partial charge < -0.3 is 15.3 Å². The number of carboxylic acid groups (broad SMARTS) is 1. The molecule has 0 radical (unpaired) electrons. The van der Waals surface area contributed by atoms with Crippen molar-refractivity contribution in [3.8, 4) is 0 Å². The number of carbonyl (C=O) groups is 1. The fraction of sp³-hybridized carbons (Fsp3) is 0.783. The second-order valence-corrected chi connectivity index (χ2v) is 8.84. The van der Waals surface area contributed by atoms with Crippen molar-refractivity contribution in [2.45, 2.75) is 84.3 Å². The average molecular weight is 379 g/mol. The van der Waals surface area contributed by atoms with Gasteiger partial charge in [0.15, 0.2) is 0 Å². The Hall–Kier alpha value is -1.13. The molecule has 0 aromatic rings. The predicted molar refractivity (Wildman–Crippen MR) is 108 cm³/mol. The van der Waals surface area contributed by atoms with Crippen molar-refractivity contribution < 1.29 is 20.1 Å². The molecular weight excluding hydrogens is 340 g/mol. The molecule has 4 nitrogen and oxygen atoms in total. The molecule has 0 bridgehead atoms. The first-order valence-electron chi connectivity index (χ1n) is 10.8. The van der Waals surface area contributed by atoms with Crippen molar-refractivity contribution in [3.63, 3.8) is 0 Å². The van der Waals surface area contributed by atoms with E-state index in [1.165, 1.54) is 5.57 Å². The van der Waals surface area contributed by atoms with E-state index >= 15 is 0 Å². The second-order valence-electron chi connectivity index (χ2n) is 8.84. The van der Waals surface area contributed by atoms with Crippen LogP contribution in [-0.4, -0.2) is 33.5 Å². The summed E-state index contributed by atoms with van der Waals surface area (Å²) in [6, 6.07) is 0. The standard InChI is InChI=1S/C23H38O4/c1-4-5-7-16(3)21(24)11-10-19-20-13-17(12-18(20)14-22(19)25)15(2)8-6-9-23(26)27/h10-12,15-16,18-22,24-25H,4-9,13-14H2,1-3H3,(H,26,27)/b11-10+/t15?,16?,18?,19-,20?,21?,22-/m1/s1. The van der Waals surface area contributed by atoms with Crippen molar-refractivity contribution >= 4 is 5.97 Å². The Morgan fingerprint density at radius 3 is 2.70 bits per heavy atom. The summed E-state index contributed by atoms with van der Waals surface area (Å²) in [6.45, 7) is 6.44. The molecular formula is C23H38O4. The third kappa shape index (κ3) is 6.18. The maximum absolute atomic E-state index is 10.7. The van der Waals surface area contributed by atoms with E-state index < -0.39 is 12.1 Å². The molecule has 2 aliphatic carbocycles. The number of aliphatic hydroxyl groups excluding tert-OH is 2. The van der Waals surface area contributed by atoms with Gasteiger partial charge in [-0.3, -0.25) is 4.79 Å². The Bertz CT molecular complexity index is 538. The minimum atomic E-state index is -0.723. The Kier molecular flexibility index (Phi) is 8.56. The summed E-state index contributed by atoms with van der Waals surface area (Å²) in [4.78, 5) is 10.7. The molecule has 2 aliphatic rings. The molecule has 27 heavy (non-hydrogen) atoms. The van der Waals surface area contributed by atoms with Crippen LogP contribution in [-0.2, 0) is 4.79 Å². The second kappa shape index (κ2) is 10.4. The lowest BCUT2D eigenvalue weighted by Crippen LogP contribution is -2.20. The van der Waals surface area contributed by atoms with Gasteiger partial charge >= 0.3 is 5.97 Å². The molecule has 0 spiro atoms. The van der Waals surface area contributed by atoms with Crippen LogP contribution in [0.5, 0.6) is 0 Å². The molecule has 0 amide bonds. The van der Waals surface area contributed by atoms with Crippen LogP contribution in [0.15, 0.2) is 23.8 Å². The predicted octanol–water partition coefficient (Wildman–Crippen LogP) is 4.56. The smallest absolute Gasteiger partial charge is 0.303 e. The van der Waals surface area contributed by atoms with Crippen LogP contribution in [0, 0.1) is 29.6 Å². The topological polar surface area (TPSA) is 77.8 Å². The van der Waals surface area contributed by atoms with Crippen molar-refractivity contribution in [1.29, 1.82) is 0 Å². The molecule has 0 aliphatic heterocycles. The lowest BCUT2D eigenvalue weighted by molar-refractivity contribution is -0.137. The minimum Gasteiger partial charge on any atom is -0.481 e. The van der Waals surface area contributed by atoms with Crippen LogP contribution in [0.3, 0.4) is 0 Å².